The molecule has 0 aliphatic heterocycles. The number of imidazole rings is 1. The summed E-state index contributed by atoms with van der Waals surface area (Å²) in [6.45, 7) is 0. The number of nitrogens with zero attached hydrogens (tertiary/aromatic N) is 1. The summed E-state index contributed by atoms with van der Waals surface area (Å²) in [6, 6.07) is 6.31. The summed E-state index contributed by atoms with van der Waals surface area (Å²) in [6.07, 6.45) is 3.97. The van der Waals surface area contributed by atoms with Crippen LogP contribution in [0, 0.1) is 5.82 Å². The molecule has 1 aromatic carbocycles. The van der Waals surface area contributed by atoms with Gasteiger partial charge in [0.25, 0.3) is 0 Å². The first kappa shape index (κ1) is 10.8. The lowest BCUT2D eigenvalue weighted by Gasteiger charge is -2.13. The van der Waals surface area contributed by atoms with Gasteiger partial charge in [-0.15, -0.1) is 0 Å². The smallest absolute Gasteiger partial charge is 0.124 e. The highest BCUT2D eigenvalue weighted by atomic mass is 19.1. The number of aromatic nitrogens is 2. The lowest BCUT2D eigenvalue weighted by molar-refractivity contribution is 0.525. The summed E-state index contributed by atoms with van der Waals surface area (Å²) in [4.78, 5) is 7.09. The fraction of sp³-hybridized carbons (Fsp3) is 0.182. The Morgan fingerprint density at radius 3 is 3.00 bits per heavy atom. The van der Waals surface area contributed by atoms with Crippen molar-refractivity contribution >= 4 is 0 Å². The minimum atomic E-state index is -0.243. The molecule has 1 atom stereocenters. The molecule has 1 aromatic heterocycles. The first-order valence-corrected chi connectivity index (χ1v) is 4.99. The Balaban J connectivity index is 2.13. The molecule has 0 spiro atoms. The summed E-state index contributed by atoms with van der Waals surface area (Å²) in [5.74, 6) is 5.95. The third kappa shape index (κ3) is 2.44. The zero-order chi connectivity index (χ0) is 11.4. The number of nitrogens with one attached hydrogen (secondary N) is 2. The SMILES string of the molecule is NNC(Cc1cccc(F)c1)c1ncc[nH]1. The summed E-state index contributed by atoms with van der Waals surface area (Å²) in [5, 5.41) is 0. The van der Waals surface area contributed by atoms with Gasteiger partial charge in [-0.25, -0.2) is 14.8 Å². The van der Waals surface area contributed by atoms with Gasteiger partial charge in [0.05, 0.1) is 6.04 Å². The molecule has 0 aliphatic rings. The van der Waals surface area contributed by atoms with Crippen LogP contribution in [0.1, 0.15) is 17.4 Å². The number of halogens is 1. The van der Waals surface area contributed by atoms with E-state index in [0.29, 0.717) is 6.42 Å². The van der Waals surface area contributed by atoms with E-state index in [1.807, 2.05) is 6.07 Å². The number of hydrogen-bond acceptors (Lipinski definition) is 3. The molecule has 0 aliphatic carbocycles. The molecule has 0 radical (unpaired) electrons. The van der Waals surface area contributed by atoms with Crippen molar-refractivity contribution in [1.82, 2.24) is 15.4 Å². The molecular formula is C11H13FN4. The quantitative estimate of drug-likeness (QED) is 0.537. The molecule has 1 unspecified atom stereocenters. The Morgan fingerprint density at radius 2 is 2.38 bits per heavy atom. The molecule has 0 saturated heterocycles. The summed E-state index contributed by atoms with van der Waals surface area (Å²) in [7, 11) is 0. The maximum Gasteiger partial charge on any atom is 0.124 e. The van der Waals surface area contributed by atoms with E-state index in [1.165, 1.54) is 12.1 Å². The molecule has 2 aromatic rings. The van der Waals surface area contributed by atoms with Gasteiger partial charge in [0.1, 0.15) is 11.6 Å². The zero-order valence-electron chi connectivity index (χ0n) is 8.65. The van der Waals surface area contributed by atoms with Gasteiger partial charge < -0.3 is 4.98 Å². The average Bonchev–Trinajstić information content (AvgIpc) is 2.79. The van der Waals surface area contributed by atoms with Crippen LogP contribution in [-0.2, 0) is 6.42 Å². The number of nitrogens with two attached hydrogens (primary N) is 1. The van der Waals surface area contributed by atoms with Gasteiger partial charge in [0, 0.05) is 12.4 Å². The van der Waals surface area contributed by atoms with Crippen molar-refractivity contribution in [2.75, 3.05) is 0 Å². The molecular weight excluding hydrogens is 207 g/mol. The fourth-order valence-electron chi connectivity index (χ4n) is 1.60. The highest BCUT2D eigenvalue weighted by molar-refractivity contribution is 5.18. The van der Waals surface area contributed by atoms with Gasteiger partial charge in [0.2, 0.25) is 0 Å². The molecule has 2 rings (SSSR count). The molecule has 0 fully saturated rings. The lowest BCUT2D eigenvalue weighted by atomic mass is 10.1. The molecule has 0 amide bonds. The second kappa shape index (κ2) is 4.87. The second-order valence-corrected chi connectivity index (χ2v) is 3.53. The topological polar surface area (TPSA) is 66.7 Å². The van der Waals surface area contributed by atoms with Crippen LogP contribution in [-0.4, -0.2) is 9.97 Å². The third-order valence-electron chi connectivity index (χ3n) is 2.38. The summed E-state index contributed by atoms with van der Waals surface area (Å²) >= 11 is 0. The van der Waals surface area contributed by atoms with Crippen molar-refractivity contribution in [3.05, 3.63) is 53.9 Å². The first-order valence-electron chi connectivity index (χ1n) is 4.99. The van der Waals surface area contributed by atoms with E-state index in [0.717, 1.165) is 11.4 Å². The normalized spacial score (nSPS) is 12.6. The van der Waals surface area contributed by atoms with E-state index in [-0.39, 0.29) is 11.9 Å². The predicted octanol–water partition coefficient (Wildman–Crippen LogP) is 1.30. The Bertz CT molecular complexity index is 441. The molecule has 5 heteroatoms. The van der Waals surface area contributed by atoms with Crippen molar-refractivity contribution < 1.29 is 4.39 Å². The second-order valence-electron chi connectivity index (χ2n) is 3.53. The zero-order valence-corrected chi connectivity index (χ0v) is 8.65. The molecule has 84 valence electrons. The Kier molecular flexibility index (Phi) is 3.28. The first-order chi connectivity index (χ1) is 7.79. The summed E-state index contributed by atoms with van der Waals surface area (Å²) < 4.78 is 13.0. The largest absolute Gasteiger partial charge is 0.347 e. The highest BCUT2D eigenvalue weighted by Crippen LogP contribution is 2.14. The van der Waals surface area contributed by atoms with Crippen molar-refractivity contribution in [2.24, 2.45) is 5.84 Å². The lowest BCUT2D eigenvalue weighted by Crippen LogP contribution is -2.30. The molecule has 0 bridgehead atoms. The van der Waals surface area contributed by atoms with Crippen molar-refractivity contribution in [3.8, 4) is 0 Å². The maximum absolute atomic E-state index is 13.0. The van der Waals surface area contributed by atoms with Crippen LogP contribution in [0.15, 0.2) is 36.7 Å². The third-order valence-corrected chi connectivity index (χ3v) is 2.38. The molecule has 4 N–H and O–H groups in total. The van der Waals surface area contributed by atoms with E-state index in [2.05, 4.69) is 15.4 Å². The number of hydrogen-bond donors (Lipinski definition) is 3. The fourth-order valence-corrected chi connectivity index (χ4v) is 1.60. The van der Waals surface area contributed by atoms with Gasteiger partial charge in [-0.3, -0.25) is 5.84 Å². The number of rotatable bonds is 4. The van der Waals surface area contributed by atoms with Crippen LogP contribution in [0.25, 0.3) is 0 Å². The Hall–Kier alpha value is -1.72. The van der Waals surface area contributed by atoms with Gasteiger partial charge in [-0.1, -0.05) is 12.1 Å². The average molecular weight is 220 g/mol. The standard InChI is InChI=1S/C11H13FN4/c12-9-3-1-2-8(6-9)7-10(16-13)11-14-4-5-15-11/h1-6,10,16H,7,13H2,(H,14,15). The van der Waals surface area contributed by atoms with E-state index in [1.54, 1.807) is 18.5 Å². The Labute approximate surface area is 92.7 Å². The van der Waals surface area contributed by atoms with Crippen molar-refractivity contribution in [2.45, 2.75) is 12.5 Å². The van der Waals surface area contributed by atoms with Crippen LogP contribution in [0.4, 0.5) is 4.39 Å². The molecule has 16 heavy (non-hydrogen) atoms. The van der Waals surface area contributed by atoms with Crippen LogP contribution in [0.2, 0.25) is 0 Å². The van der Waals surface area contributed by atoms with Gasteiger partial charge >= 0.3 is 0 Å². The van der Waals surface area contributed by atoms with Gasteiger partial charge in [-0.2, -0.15) is 0 Å². The highest BCUT2D eigenvalue weighted by Gasteiger charge is 2.12. The van der Waals surface area contributed by atoms with Crippen LogP contribution in [0.5, 0.6) is 0 Å². The predicted molar refractivity (Wildman–Crippen MR) is 58.8 cm³/mol. The van der Waals surface area contributed by atoms with Crippen molar-refractivity contribution in [3.63, 3.8) is 0 Å². The van der Waals surface area contributed by atoms with Gasteiger partial charge in [0.15, 0.2) is 0 Å². The van der Waals surface area contributed by atoms with Crippen molar-refractivity contribution in [1.29, 1.82) is 0 Å². The van der Waals surface area contributed by atoms with Crippen LogP contribution in [0.3, 0.4) is 0 Å². The van der Waals surface area contributed by atoms with Crippen LogP contribution < -0.4 is 11.3 Å². The van der Waals surface area contributed by atoms with E-state index in [9.17, 15) is 4.39 Å². The molecule has 4 nitrogen and oxygen atoms in total. The summed E-state index contributed by atoms with van der Waals surface area (Å²) in [5.41, 5.74) is 3.53. The minimum absolute atomic E-state index is 0.142. The maximum atomic E-state index is 13.0. The van der Waals surface area contributed by atoms with Gasteiger partial charge in [-0.05, 0) is 24.1 Å². The monoisotopic (exact) mass is 220 g/mol. The Morgan fingerprint density at radius 1 is 1.50 bits per heavy atom. The molecule has 0 saturated carbocycles. The number of H-pyrrole nitrogens is 1. The van der Waals surface area contributed by atoms with E-state index < -0.39 is 0 Å². The number of hydrazine groups is 1. The van der Waals surface area contributed by atoms with E-state index in [4.69, 9.17) is 5.84 Å². The minimum Gasteiger partial charge on any atom is -0.347 e. The van der Waals surface area contributed by atoms with E-state index >= 15 is 0 Å². The number of benzene rings is 1. The molecule has 1 heterocycles. The number of aromatic amines is 1. The van der Waals surface area contributed by atoms with Crippen LogP contribution >= 0.6 is 0 Å².